The van der Waals surface area contributed by atoms with E-state index in [-0.39, 0.29) is 6.04 Å². The number of hydrogen-bond donors (Lipinski definition) is 3. The predicted molar refractivity (Wildman–Crippen MR) is 48.0 cm³/mol. The lowest BCUT2D eigenvalue weighted by Gasteiger charge is -2.16. The second kappa shape index (κ2) is 5.97. The summed E-state index contributed by atoms with van der Waals surface area (Å²) in [6.07, 6.45) is 1.35. The van der Waals surface area contributed by atoms with E-state index < -0.39 is 12.0 Å². The number of carboxylic acid groups (broad SMARTS) is 1. The highest BCUT2D eigenvalue weighted by molar-refractivity contribution is 5.73. The predicted octanol–water partition coefficient (Wildman–Crippen LogP) is 0.177. The molecule has 0 rings (SSSR count). The first-order chi connectivity index (χ1) is 5.57. The Morgan fingerprint density at radius 1 is 1.58 bits per heavy atom. The standard InChI is InChI=1S/C8H18N2O2/c1-6(2)10-7(8(11)12)4-3-5-9/h6-7,10H,3-5,9H2,1-2H3,(H,11,12)/t7-/m1/s1. The van der Waals surface area contributed by atoms with Gasteiger partial charge < -0.3 is 16.2 Å². The molecule has 0 aliphatic carbocycles. The fourth-order valence-corrected chi connectivity index (χ4v) is 1.00. The number of hydrogen-bond acceptors (Lipinski definition) is 3. The van der Waals surface area contributed by atoms with Crippen molar-refractivity contribution in [3.63, 3.8) is 0 Å². The van der Waals surface area contributed by atoms with Gasteiger partial charge in [0.1, 0.15) is 6.04 Å². The SMILES string of the molecule is CC(C)N[C@H](CCCN)C(=O)O. The van der Waals surface area contributed by atoms with Crippen LogP contribution in [0.15, 0.2) is 0 Å². The minimum absolute atomic E-state index is 0.198. The van der Waals surface area contributed by atoms with Crippen LogP contribution in [0.25, 0.3) is 0 Å². The average molecular weight is 174 g/mol. The summed E-state index contributed by atoms with van der Waals surface area (Å²) < 4.78 is 0. The Balaban J connectivity index is 3.78. The van der Waals surface area contributed by atoms with Crippen LogP contribution < -0.4 is 11.1 Å². The first-order valence-corrected chi connectivity index (χ1v) is 4.26. The smallest absolute Gasteiger partial charge is 0.320 e. The van der Waals surface area contributed by atoms with Gasteiger partial charge in [-0.05, 0) is 19.4 Å². The molecule has 0 aliphatic rings. The molecule has 72 valence electrons. The molecular weight excluding hydrogens is 156 g/mol. The molecule has 4 heteroatoms. The molecule has 4 N–H and O–H groups in total. The van der Waals surface area contributed by atoms with Crippen LogP contribution in [-0.2, 0) is 4.79 Å². The fourth-order valence-electron chi connectivity index (χ4n) is 1.00. The van der Waals surface area contributed by atoms with Crippen molar-refractivity contribution in [1.82, 2.24) is 5.32 Å². The number of nitrogens with two attached hydrogens (primary N) is 1. The van der Waals surface area contributed by atoms with Gasteiger partial charge in [0.25, 0.3) is 0 Å². The lowest BCUT2D eigenvalue weighted by Crippen LogP contribution is -2.41. The van der Waals surface area contributed by atoms with Crippen molar-refractivity contribution in [2.24, 2.45) is 5.73 Å². The quantitative estimate of drug-likeness (QED) is 0.537. The second-order valence-electron chi connectivity index (χ2n) is 3.14. The number of rotatable bonds is 6. The number of nitrogens with one attached hydrogen (secondary N) is 1. The van der Waals surface area contributed by atoms with Crippen molar-refractivity contribution in [2.45, 2.75) is 38.8 Å². The summed E-state index contributed by atoms with van der Waals surface area (Å²) in [6.45, 7) is 4.40. The molecule has 4 nitrogen and oxygen atoms in total. The molecule has 12 heavy (non-hydrogen) atoms. The summed E-state index contributed by atoms with van der Waals surface area (Å²) >= 11 is 0. The van der Waals surface area contributed by atoms with Crippen molar-refractivity contribution in [1.29, 1.82) is 0 Å². The van der Waals surface area contributed by atoms with Gasteiger partial charge in [-0.3, -0.25) is 4.79 Å². The van der Waals surface area contributed by atoms with Gasteiger partial charge in [0.2, 0.25) is 0 Å². The van der Waals surface area contributed by atoms with E-state index in [1.54, 1.807) is 0 Å². The van der Waals surface area contributed by atoms with Crippen LogP contribution in [0.5, 0.6) is 0 Å². The second-order valence-corrected chi connectivity index (χ2v) is 3.14. The number of carboxylic acids is 1. The van der Waals surface area contributed by atoms with Gasteiger partial charge in [-0.25, -0.2) is 0 Å². The van der Waals surface area contributed by atoms with Crippen molar-refractivity contribution < 1.29 is 9.90 Å². The third-order valence-electron chi connectivity index (χ3n) is 1.53. The Hall–Kier alpha value is -0.610. The van der Waals surface area contributed by atoms with E-state index in [9.17, 15) is 4.79 Å². The maximum absolute atomic E-state index is 10.6. The largest absolute Gasteiger partial charge is 0.480 e. The lowest BCUT2D eigenvalue weighted by atomic mass is 10.1. The Morgan fingerprint density at radius 2 is 2.17 bits per heavy atom. The highest BCUT2D eigenvalue weighted by Gasteiger charge is 2.16. The van der Waals surface area contributed by atoms with Crippen LogP contribution >= 0.6 is 0 Å². The Labute approximate surface area is 73.1 Å². The van der Waals surface area contributed by atoms with E-state index in [0.717, 1.165) is 6.42 Å². The summed E-state index contributed by atoms with van der Waals surface area (Å²) in [5.74, 6) is -0.794. The van der Waals surface area contributed by atoms with E-state index in [1.165, 1.54) is 0 Å². The molecule has 0 aliphatic heterocycles. The van der Waals surface area contributed by atoms with Crippen LogP contribution in [0.1, 0.15) is 26.7 Å². The number of carbonyl (C=O) groups is 1. The normalized spacial score (nSPS) is 13.3. The molecular formula is C8H18N2O2. The highest BCUT2D eigenvalue weighted by atomic mass is 16.4. The summed E-state index contributed by atoms with van der Waals surface area (Å²) in [6, 6.07) is -0.252. The van der Waals surface area contributed by atoms with Gasteiger partial charge in [-0.1, -0.05) is 13.8 Å². The van der Waals surface area contributed by atoms with Crippen molar-refractivity contribution in [2.75, 3.05) is 6.54 Å². The Morgan fingerprint density at radius 3 is 2.50 bits per heavy atom. The average Bonchev–Trinajstić information content (AvgIpc) is 1.96. The Kier molecular flexibility index (Phi) is 5.66. The molecule has 1 atom stereocenters. The summed E-state index contributed by atoms with van der Waals surface area (Å²) in [4.78, 5) is 10.6. The third-order valence-corrected chi connectivity index (χ3v) is 1.53. The fraction of sp³-hybridized carbons (Fsp3) is 0.875. The van der Waals surface area contributed by atoms with Gasteiger partial charge in [0, 0.05) is 6.04 Å². The molecule has 0 heterocycles. The van der Waals surface area contributed by atoms with Crippen LogP contribution in [0.2, 0.25) is 0 Å². The first kappa shape index (κ1) is 11.4. The maximum atomic E-state index is 10.6. The van der Waals surface area contributed by atoms with E-state index in [4.69, 9.17) is 10.8 Å². The van der Waals surface area contributed by atoms with E-state index >= 15 is 0 Å². The van der Waals surface area contributed by atoms with E-state index in [1.807, 2.05) is 13.8 Å². The van der Waals surface area contributed by atoms with Crippen LogP contribution in [0, 0.1) is 0 Å². The first-order valence-electron chi connectivity index (χ1n) is 4.26. The van der Waals surface area contributed by atoms with Crippen molar-refractivity contribution in [3.8, 4) is 0 Å². The summed E-state index contributed by atoms with van der Waals surface area (Å²) in [7, 11) is 0. The zero-order valence-corrected chi connectivity index (χ0v) is 7.71. The molecule has 0 aromatic heterocycles. The molecule has 0 bridgehead atoms. The van der Waals surface area contributed by atoms with Crippen LogP contribution in [0.3, 0.4) is 0 Å². The van der Waals surface area contributed by atoms with Gasteiger partial charge in [-0.15, -0.1) is 0 Å². The molecule has 0 amide bonds. The van der Waals surface area contributed by atoms with Gasteiger partial charge in [0.05, 0.1) is 0 Å². The van der Waals surface area contributed by atoms with Gasteiger partial charge in [0.15, 0.2) is 0 Å². The zero-order valence-electron chi connectivity index (χ0n) is 7.71. The molecule has 0 unspecified atom stereocenters. The van der Waals surface area contributed by atoms with Gasteiger partial charge in [-0.2, -0.15) is 0 Å². The maximum Gasteiger partial charge on any atom is 0.320 e. The molecule has 0 spiro atoms. The summed E-state index contributed by atoms with van der Waals surface area (Å²) in [5.41, 5.74) is 5.29. The molecule has 0 saturated carbocycles. The highest BCUT2D eigenvalue weighted by Crippen LogP contribution is 1.97. The molecule has 0 fully saturated rings. The summed E-state index contributed by atoms with van der Waals surface area (Å²) in [5, 5.41) is 11.7. The number of aliphatic carboxylic acids is 1. The monoisotopic (exact) mass is 174 g/mol. The van der Waals surface area contributed by atoms with Crippen LogP contribution in [0.4, 0.5) is 0 Å². The Bertz CT molecular complexity index is 137. The lowest BCUT2D eigenvalue weighted by molar-refractivity contribution is -0.139. The minimum Gasteiger partial charge on any atom is -0.480 e. The topological polar surface area (TPSA) is 75.3 Å². The minimum atomic E-state index is -0.794. The zero-order chi connectivity index (χ0) is 9.56. The van der Waals surface area contributed by atoms with Crippen molar-refractivity contribution in [3.05, 3.63) is 0 Å². The van der Waals surface area contributed by atoms with E-state index in [0.29, 0.717) is 13.0 Å². The van der Waals surface area contributed by atoms with Gasteiger partial charge >= 0.3 is 5.97 Å². The molecule has 0 saturated heterocycles. The third kappa shape index (κ3) is 5.09. The van der Waals surface area contributed by atoms with E-state index in [2.05, 4.69) is 5.32 Å². The van der Waals surface area contributed by atoms with Crippen LogP contribution in [-0.4, -0.2) is 29.7 Å². The molecule has 0 aromatic rings. The van der Waals surface area contributed by atoms with Crippen molar-refractivity contribution >= 4 is 5.97 Å². The molecule has 0 aromatic carbocycles. The molecule has 0 radical (unpaired) electrons.